The average Bonchev–Trinajstić information content (AvgIpc) is 3.06. The van der Waals surface area contributed by atoms with Crippen molar-refractivity contribution in [3.63, 3.8) is 0 Å². The summed E-state index contributed by atoms with van der Waals surface area (Å²) in [5, 5.41) is 5.58. The number of piperidine rings is 1. The van der Waals surface area contributed by atoms with Gasteiger partial charge in [0.2, 0.25) is 0 Å². The largest absolute Gasteiger partial charge is 0.298 e. The second-order valence-electron chi connectivity index (χ2n) is 7.79. The summed E-state index contributed by atoms with van der Waals surface area (Å²) in [4.78, 5) is 11.4. The first-order valence-corrected chi connectivity index (χ1v) is 9.63. The molecule has 1 aliphatic heterocycles. The van der Waals surface area contributed by atoms with E-state index in [9.17, 15) is 0 Å². The van der Waals surface area contributed by atoms with Crippen LogP contribution in [0.4, 0.5) is 0 Å². The van der Waals surface area contributed by atoms with E-state index in [1.54, 1.807) is 0 Å². The minimum Gasteiger partial charge on any atom is -0.298 e. The van der Waals surface area contributed by atoms with Crippen molar-refractivity contribution in [2.24, 2.45) is 18.0 Å². The topological polar surface area (TPSA) is 46.3 Å². The fourth-order valence-electron chi connectivity index (χ4n) is 4.44. The van der Waals surface area contributed by atoms with E-state index >= 15 is 0 Å². The van der Waals surface area contributed by atoms with Crippen molar-refractivity contribution >= 4 is 17.1 Å². The minimum atomic E-state index is 0.518. The molecular weight excluding hydrogens is 334 g/mol. The summed E-state index contributed by atoms with van der Waals surface area (Å²) < 4.78 is 1.88. The Morgan fingerprint density at radius 2 is 2.15 bits per heavy atom. The van der Waals surface area contributed by atoms with Crippen LogP contribution in [0.25, 0.3) is 10.9 Å². The second kappa shape index (κ2) is 7.61. The Labute approximate surface area is 160 Å². The maximum Gasteiger partial charge on any atom is 0.0792 e. The van der Waals surface area contributed by atoms with E-state index < -0.39 is 0 Å². The number of fused-ring (bicyclic) bond motifs is 1. The zero-order valence-electron chi connectivity index (χ0n) is 16.3. The number of hydrogen-bond donors (Lipinski definition) is 0. The molecule has 1 saturated heterocycles. The standard InChI is InChI=1S/C22H27N5/c1-16-9-19(15-27(12-16)14-17-10-25-26(3)13-17)20-7-6-18(11-23-2)22-21(20)5-4-8-24-22/h4-8,10-11,13,16,19H,9,12,14-15H2,1-3H3/b23-11+/t16-,19+/m1/s1. The number of aromatic nitrogens is 3. The molecule has 4 rings (SSSR count). The van der Waals surface area contributed by atoms with Crippen LogP contribution in [0.1, 0.15) is 36.0 Å². The number of aryl methyl sites for hydroxylation is 1. The lowest BCUT2D eigenvalue weighted by molar-refractivity contribution is 0.157. The van der Waals surface area contributed by atoms with E-state index in [1.165, 1.54) is 22.9 Å². The lowest BCUT2D eigenvalue weighted by atomic mass is 9.83. The molecule has 1 aliphatic rings. The molecule has 2 aromatic heterocycles. The SMILES string of the molecule is C/N=C/c1ccc([C@H]2C[C@@H](C)CN(Cc3cnn(C)c3)C2)c2cccnc12. The van der Waals surface area contributed by atoms with Gasteiger partial charge in [-0.1, -0.05) is 25.1 Å². The molecule has 0 aliphatic carbocycles. The highest BCUT2D eigenvalue weighted by atomic mass is 15.2. The Kier molecular flexibility index (Phi) is 5.03. The molecule has 0 bridgehead atoms. The number of aliphatic imine (C=N–C) groups is 1. The lowest BCUT2D eigenvalue weighted by Gasteiger charge is -2.37. The van der Waals surface area contributed by atoms with Crippen LogP contribution in [-0.2, 0) is 13.6 Å². The van der Waals surface area contributed by atoms with Gasteiger partial charge in [0, 0.05) is 68.9 Å². The van der Waals surface area contributed by atoms with Gasteiger partial charge in [-0.25, -0.2) is 0 Å². The van der Waals surface area contributed by atoms with Crippen LogP contribution < -0.4 is 0 Å². The summed E-state index contributed by atoms with van der Waals surface area (Å²) in [7, 11) is 3.78. The highest BCUT2D eigenvalue weighted by Crippen LogP contribution is 2.35. The van der Waals surface area contributed by atoms with Gasteiger partial charge in [-0.05, 0) is 29.9 Å². The molecule has 5 heteroatoms. The summed E-state index contributed by atoms with van der Waals surface area (Å²) in [6.45, 7) is 5.54. The van der Waals surface area contributed by atoms with Crippen molar-refractivity contribution < 1.29 is 0 Å². The first kappa shape index (κ1) is 17.9. The number of pyridine rings is 1. The number of benzene rings is 1. The third-order valence-corrected chi connectivity index (χ3v) is 5.44. The van der Waals surface area contributed by atoms with Crippen molar-refractivity contribution in [3.05, 3.63) is 59.5 Å². The van der Waals surface area contributed by atoms with Crippen molar-refractivity contribution in [1.29, 1.82) is 0 Å². The van der Waals surface area contributed by atoms with Crippen molar-refractivity contribution in [3.8, 4) is 0 Å². The quantitative estimate of drug-likeness (QED) is 0.667. The van der Waals surface area contributed by atoms with Crippen LogP contribution in [0.2, 0.25) is 0 Å². The molecule has 0 spiro atoms. The van der Waals surface area contributed by atoms with Crippen molar-refractivity contribution in [2.75, 3.05) is 20.1 Å². The number of nitrogens with zero attached hydrogens (tertiary/aromatic N) is 5. The summed E-state index contributed by atoms with van der Waals surface area (Å²) >= 11 is 0. The van der Waals surface area contributed by atoms with E-state index in [0.29, 0.717) is 11.8 Å². The van der Waals surface area contributed by atoms with Gasteiger partial charge < -0.3 is 0 Å². The van der Waals surface area contributed by atoms with Gasteiger partial charge in [0.05, 0.1) is 11.7 Å². The molecule has 3 aromatic rings. The maximum atomic E-state index is 4.65. The predicted octanol–water partition coefficient (Wildman–Crippen LogP) is 3.64. The van der Waals surface area contributed by atoms with E-state index in [1.807, 2.05) is 43.5 Å². The van der Waals surface area contributed by atoms with Crippen LogP contribution in [0.15, 0.2) is 47.8 Å². The highest BCUT2D eigenvalue weighted by Gasteiger charge is 2.27. The van der Waals surface area contributed by atoms with E-state index in [2.05, 4.69) is 51.3 Å². The number of rotatable bonds is 4. The smallest absolute Gasteiger partial charge is 0.0792 e. The summed E-state index contributed by atoms with van der Waals surface area (Å²) in [6, 6.07) is 8.70. The van der Waals surface area contributed by atoms with Gasteiger partial charge in [0.25, 0.3) is 0 Å². The van der Waals surface area contributed by atoms with E-state index in [4.69, 9.17) is 0 Å². The molecule has 0 amide bonds. The molecule has 5 nitrogen and oxygen atoms in total. The monoisotopic (exact) mass is 361 g/mol. The van der Waals surface area contributed by atoms with Gasteiger partial charge in [0.1, 0.15) is 0 Å². The first-order valence-electron chi connectivity index (χ1n) is 9.63. The molecule has 0 radical (unpaired) electrons. The van der Waals surface area contributed by atoms with Crippen molar-refractivity contribution in [1.82, 2.24) is 19.7 Å². The zero-order valence-corrected chi connectivity index (χ0v) is 16.3. The molecule has 0 saturated carbocycles. The fraction of sp³-hybridized carbons (Fsp3) is 0.409. The number of hydrogen-bond acceptors (Lipinski definition) is 4. The average molecular weight is 361 g/mol. The van der Waals surface area contributed by atoms with Gasteiger partial charge in [-0.2, -0.15) is 5.10 Å². The summed E-state index contributed by atoms with van der Waals surface area (Å²) in [5.41, 5.74) is 4.84. The second-order valence-corrected chi connectivity index (χ2v) is 7.79. The molecule has 0 N–H and O–H groups in total. The van der Waals surface area contributed by atoms with Crippen LogP contribution in [0.5, 0.6) is 0 Å². The van der Waals surface area contributed by atoms with E-state index in [-0.39, 0.29) is 0 Å². The third-order valence-electron chi connectivity index (χ3n) is 5.44. The normalized spacial score (nSPS) is 21.3. The van der Waals surface area contributed by atoms with Crippen LogP contribution in [0, 0.1) is 5.92 Å². The van der Waals surface area contributed by atoms with Gasteiger partial charge >= 0.3 is 0 Å². The maximum absolute atomic E-state index is 4.65. The van der Waals surface area contributed by atoms with Crippen molar-refractivity contribution in [2.45, 2.75) is 25.8 Å². The summed E-state index contributed by atoms with van der Waals surface area (Å²) in [5.74, 6) is 1.19. The highest BCUT2D eigenvalue weighted by molar-refractivity contribution is 5.98. The summed E-state index contributed by atoms with van der Waals surface area (Å²) in [6.07, 6.45) is 9.09. The van der Waals surface area contributed by atoms with Gasteiger partial charge in [-0.15, -0.1) is 0 Å². The lowest BCUT2D eigenvalue weighted by Crippen LogP contribution is -2.38. The van der Waals surface area contributed by atoms with Gasteiger partial charge in [0.15, 0.2) is 0 Å². The van der Waals surface area contributed by atoms with E-state index in [0.717, 1.165) is 30.7 Å². The Hall–Kier alpha value is -2.53. The zero-order chi connectivity index (χ0) is 18.8. The molecule has 1 aromatic carbocycles. The Bertz CT molecular complexity index is 958. The molecule has 3 heterocycles. The Morgan fingerprint density at radius 3 is 2.93 bits per heavy atom. The molecule has 1 fully saturated rings. The first-order chi connectivity index (χ1) is 13.1. The number of likely N-dealkylation sites (tertiary alicyclic amines) is 1. The Morgan fingerprint density at radius 1 is 1.26 bits per heavy atom. The molecular formula is C22H27N5. The van der Waals surface area contributed by atoms with Crippen LogP contribution in [-0.4, -0.2) is 46.0 Å². The molecule has 140 valence electrons. The van der Waals surface area contributed by atoms with Crippen LogP contribution in [0.3, 0.4) is 0 Å². The van der Waals surface area contributed by atoms with Gasteiger partial charge in [-0.3, -0.25) is 19.6 Å². The molecule has 27 heavy (non-hydrogen) atoms. The van der Waals surface area contributed by atoms with Crippen LogP contribution >= 0.6 is 0 Å². The Balaban J connectivity index is 1.65. The fourth-order valence-corrected chi connectivity index (χ4v) is 4.44. The predicted molar refractivity (Wildman–Crippen MR) is 110 cm³/mol. The third kappa shape index (κ3) is 3.78. The molecule has 0 unspecified atom stereocenters. The minimum absolute atomic E-state index is 0.518. The molecule has 2 atom stereocenters.